The van der Waals surface area contributed by atoms with Gasteiger partial charge in [-0.3, -0.25) is 10.1 Å². The molecule has 0 spiro atoms. The molecule has 1 aromatic heterocycles. The molecule has 0 atom stereocenters. The van der Waals surface area contributed by atoms with Crippen LogP contribution >= 0.6 is 0 Å². The van der Waals surface area contributed by atoms with E-state index in [1.165, 1.54) is 0 Å². The summed E-state index contributed by atoms with van der Waals surface area (Å²) in [5, 5.41) is 10.8. The molecule has 1 heterocycles. The lowest BCUT2D eigenvalue weighted by molar-refractivity contribution is -0.385. The number of aromatic nitrogens is 2. The van der Waals surface area contributed by atoms with Crippen LogP contribution in [0, 0.1) is 10.1 Å². The van der Waals surface area contributed by atoms with Gasteiger partial charge in [0.05, 0.1) is 22.9 Å². The lowest BCUT2D eigenvalue weighted by atomic mass is 10.2. The summed E-state index contributed by atoms with van der Waals surface area (Å²) < 4.78 is 42.7. The maximum atomic E-state index is 12.5. The molecular weight excluding hydrogens is 293 g/mol. The first kappa shape index (κ1) is 14.5. The number of nitro benzene ring substituents is 1. The molecule has 0 fully saturated rings. The van der Waals surface area contributed by atoms with Gasteiger partial charge in [0.2, 0.25) is 11.6 Å². The van der Waals surface area contributed by atoms with Gasteiger partial charge in [0, 0.05) is 6.07 Å². The minimum atomic E-state index is -4.69. The van der Waals surface area contributed by atoms with E-state index in [2.05, 4.69) is 9.97 Å². The highest BCUT2D eigenvalue weighted by Crippen LogP contribution is 2.37. The normalized spacial score (nSPS) is 11.2. The Balaban J connectivity index is 2.39. The first-order valence-corrected chi connectivity index (χ1v) is 5.38. The number of anilines is 1. The van der Waals surface area contributed by atoms with Crippen molar-refractivity contribution in [2.24, 2.45) is 0 Å². The third kappa shape index (κ3) is 3.35. The van der Waals surface area contributed by atoms with Gasteiger partial charge >= 0.3 is 11.9 Å². The predicted octanol–water partition coefficient (Wildman–Crippen LogP) is 2.78. The van der Waals surface area contributed by atoms with E-state index in [4.69, 9.17) is 10.5 Å². The van der Waals surface area contributed by atoms with Crippen molar-refractivity contribution in [3.05, 3.63) is 46.3 Å². The SMILES string of the molecule is Nc1cnc(Oc2ccc(C(F)(F)F)cc2[N+](=O)[O-])cn1. The lowest BCUT2D eigenvalue weighted by Gasteiger charge is -2.09. The van der Waals surface area contributed by atoms with E-state index in [9.17, 15) is 23.3 Å². The fourth-order valence-electron chi connectivity index (χ4n) is 1.41. The largest absolute Gasteiger partial charge is 0.430 e. The minimum Gasteiger partial charge on any atom is -0.430 e. The van der Waals surface area contributed by atoms with Gasteiger partial charge < -0.3 is 10.5 Å². The van der Waals surface area contributed by atoms with E-state index < -0.39 is 22.4 Å². The van der Waals surface area contributed by atoms with Crippen molar-refractivity contribution < 1.29 is 22.8 Å². The van der Waals surface area contributed by atoms with E-state index in [0.717, 1.165) is 18.5 Å². The first-order chi connectivity index (χ1) is 9.77. The molecule has 10 heteroatoms. The van der Waals surface area contributed by atoms with E-state index in [-0.39, 0.29) is 17.4 Å². The molecule has 0 amide bonds. The number of benzene rings is 1. The topological polar surface area (TPSA) is 104 Å². The summed E-state index contributed by atoms with van der Waals surface area (Å²) in [6.45, 7) is 0. The quantitative estimate of drug-likeness (QED) is 0.690. The Labute approximate surface area is 115 Å². The Morgan fingerprint density at radius 1 is 1.24 bits per heavy atom. The summed E-state index contributed by atoms with van der Waals surface area (Å²) in [7, 11) is 0. The van der Waals surface area contributed by atoms with Crippen molar-refractivity contribution in [2.45, 2.75) is 6.18 Å². The molecule has 0 saturated heterocycles. The van der Waals surface area contributed by atoms with E-state index in [0.29, 0.717) is 12.1 Å². The van der Waals surface area contributed by atoms with E-state index in [1.807, 2.05) is 0 Å². The molecule has 0 bridgehead atoms. The maximum absolute atomic E-state index is 12.5. The van der Waals surface area contributed by atoms with Gasteiger partial charge in [-0.2, -0.15) is 13.2 Å². The molecule has 110 valence electrons. The second-order valence-electron chi connectivity index (χ2n) is 3.82. The maximum Gasteiger partial charge on any atom is 0.416 e. The number of nitro groups is 1. The van der Waals surface area contributed by atoms with E-state index >= 15 is 0 Å². The van der Waals surface area contributed by atoms with Crippen molar-refractivity contribution in [3.63, 3.8) is 0 Å². The summed E-state index contributed by atoms with van der Waals surface area (Å²) in [4.78, 5) is 17.2. The molecule has 2 rings (SSSR count). The third-order valence-electron chi connectivity index (χ3n) is 2.35. The van der Waals surface area contributed by atoms with Gasteiger partial charge in [-0.25, -0.2) is 9.97 Å². The van der Waals surface area contributed by atoms with Crippen LogP contribution in [0.15, 0.2) is 30.6 Å². The standard InChI is InChI=1S/C11H7F3N4O3/c12-11(13,14)6-1-2-8(7(3-6)18(19)20)21-10-5-16-9(15)4-17-10/h1-5H,(H2,15,16). The van der Waals surface area contributed by atoms with Crippen LogP contribution in [-0.4, -0.2) is 14.9 Å². The molecule has 2 N–H and O–H groups in total. The molecule has 0 saturated carbocycles. The van der Waals surface area contributed by atoms with Crippen LogP contribution in [0.25, 0.3) is 0 Å². The van der Waals surface area contributed by atoms with Gasteiger partial charge in [0.1, 0.15) is 5.82 Å². The molecule has 0 aliphatic rings. The highest BCUT2D eigenvalue weighted by Gasteiger charge is 2.33. The molecule has 0 aliphatic heterocycles. The molecule has 7 nitrogen and oxygen atoms in total. The first-order valence-electron chi connectivity index (χ1n) is 5.38. The number of nitrogens with two attached hydrogens (primary N) is 1. The van der Waals surface area contributed by atoms with Crippen LogP contribution in [0.3, 0.4) is 0 Å². The zero-order chi connectivity index (χ0) is 15.6. The van der Waals surface area contributed by atoms with Gasteiger partial charge in [-0.05, 0) is 12.1 Å². The highest BCUT2D eigenvalue weighted by atomic mass is 19.4. The summed E-state index contributed by atoms with van der Waals surface area (Å²) in [5.41, 5.74) is 3.33. The number of nitrogens with zero attached hydrogens (tertiary/aromatic N) is 3. The van der Waals surface area contributed by atoms with Gasteiger partial charge in [-0.15, -0.1) is 0 Å². The van der Waals surface area contributed by atoms with Gasteiger partial charge in [0.15, 0.2) is 0 Å². The average Bonchev–Trinajstić information content (AvgIpc) is 2.40. The fourth-order valence-corrected chi connectivity index (χ4v) is 1.41. The van der Waals surface area contributed by atoms with E-state index in [1.54, 1.807) is 0 Å². The Morgan fingerprint density at radius 2 is 1.95 bits per heavy atom. The number of hydrogen-bond donors (Lipinski definition) is 1. The monoisotopic (exact) mass is 300 g/mol. The summed E-state index contributed by atoms with van der Waals surface area (Å²) in [5.74, 6) is -0.414. The molecule has 0 unspecified atom stereocenters. The zero-order valence-electron chi connectivity index (χ0n) is 10.2. The van der Waals surface area contributed by atoms with Gasteiger partial charge in [0.25, 0.3) is 0 Å². The zero-order valence-corrected chi connectivity index (χ0v) is 10.2. The van der Waals surface area contributed by atoms with Crippen LogP contribution < -0.4 is 10.5 Å². The molecule has 0 aliphatic carbocycles. The average molecular weight is 300 g/mol. The third-order valence-corrected chi connectivity index (χ3v) is 2.35. The van der Waals surface area contributed by atoms with Crippen molar-refractivity contribution >= 4 is 11.5 Å². The number of alkyl halides is 3. The molecule has 2 aromatic rings. The number of ether oxygens (including phenoxy) is 1. The number of rotatable bonds is 3. The smallest absolute Gasteiger partial charge is 0.416 e. The van der Waals surface area contributed by atoms with Crippen molar-refractivity contribution in [3.8, 4) is 11.6 Å². The Morgan fingerprint density at radius 3 is 2.48 bits per heavy atom. The highest BCUT2D eigenvalue weighted by molar-refractivity contribution is 5.50. The van der Waals surface area contributed by atoms with Crippen LogP contribution in [0.1, 0.15) is 5.56 Å². The minimum absolute atomic E-state index is 0.101. The molecular formula is C11H7F3N4O3. The fraction of sp³-hybridized carbons (Fsp3) is 0.0909. The van der Waals surface area contributed by atoms with Crippen molar-refractivity contribution in [2.75, 3.05) is 5.73 Å². The lowest BCUT2D eigenvalue weighted by Crippen LogP contribution is -2.06. The predicted molar refractivity (Wildman–Crippen MR) is 64.6 cm³/mol. The Kier molecular flexibility index (Phi) is 3.61. The Hall–Kier alpha value is -2.91. The summed E-state index contributed by atoms with van der Waals surface area (Å²) in [6.07, 6.45) is -2.45. The number of halogens is 3. The molecule has 21 heavy (non-hydrogen) atoms. The molecule has 1 aromatic carbocycles. The van der Waals surface area contributed by atoms with Crippen LogP contribution in [-0.2, 0) is 6.18 Å². The summed E-state index contributed by atoms with van der Waals surface area (Å²) >= 11 is 0. The molecule has 0 radical (unpaired) electrons. The van der Waals surface area contributed by atoms with Crippen molar-refractivity contribution in [1.29, 1.82) is 0 Å². The number of nitrogen functional groups attached to an aromatic ring is 1. The van der Waals surface area contributed by atoms with Crippen molar-refractivity contribution in [1.82, 2.24) is 9.97 Å². The second kappa shape index (κ2) is 5.23. The number of hydrogen-bond acceptors (Lipinski definition) is 6. The Bertz CT molecular complexity index is 673. The van der Waals surface area contributed by atoms with Crippen LogP contribution in [0.4, 0.5) is 24.7 Å². The van der Waals surface area contributed by atoms with Crippen LogP contribution in [0.5, 0.6) is 11.6 Å². The van der Waals surface area contributed by atoms with Gasteiger partial charge in [-0.1, -0.05) is 0 Å². The second-order valence-corrected chi connectivity index (χ2v) is 3.82. The summed E-state index contributed by atoms with van der Waals surface area (Å²) in [6, 6.07) is 1.91. The van der Waals surface area contributed by atoms with Crippen LogP contribution in [0.2, 0.25) is 0 Å².